The average molecular weight is 197 g/mol. The van der Waals surface area contributed by atoms with Crippen molar-refractivity contribution in [2.45, 2.75) is 34.1 Å². The molecule has 0 radical (unpaired) electrons. The van der Waals surface area contributed by atoms with Gasteiger partial charge in [0.2, 0.25) is 0 Å². The lowest BCUT2D eigenvalue weighted by Gasteiger charge is -2.19. The lowest BCUT2D eigenvalue weighted by Crippen LogP contribution is -2.10. The molecule has 0 fully saturated rings. The molecular weight excluding hydrogens is 180 g/mol. The second-order valence-corrected chi connectivity index (χ2v) is 5.24. The van der Waals surface area contributed by atoms with Crippen molar-refractivity contribution in [1.82, 2.24) is 0 Å². The first kappa shape index (κ1) is 10.6. The van der Waals surface area contributed by atoms with Crippen molar-refractivity contribution < 1.29 is 0 Å². The normalized spacial score (nSPS) is 11.8. The van der Waals surface area contributed by atoms with Gasteiger partial charge in [-0.2, -0.15) is 0 Å². The van der Waals surface area contributed by atoms with E-state index in [1.165, 1.54) is 11.1 Å². The third kappa shape index (κ3) is 3.40. The van der Waals surface area contributed by atoms with Crippen LogP contribution in [0.4, 0.5) is 0 Å². The van der Waals surface area contributed by atoms with Crippen LogP contribution in [0.25, 0.3) is 0 Å². The van der Waals surface area contributed by atoms with Gasteiger partial charge in [-0.15, -0.1) is 0 Å². The topological polar surface area (TPSA) is 0 Å². The molecule has 0 aliphatic rings. The molecule has 0 saturated carbocycles. The van der Waals surface area contributed by atoms with Gasteiger partial charge in [0.15, 0.2) is 0 Å². The van der Waals surface area contributed by atoms with Gasteiger partial charge in [0.1, 0.15) is 0 Å². The van der Waals surface area contributed by atoms with Crippen LogP contribution in [-0.2, 0) is 6.42 Å². The van der Waals surface area contributed by atoms with Crippen molar-refractivity contribution in [2.75, 3.05) is 0 Å². The van der Waals surface area contributed by atoms with E-state index in [0.717, 1.165) is 11.4 Å². The maximum absolute atomic E-state index is 5.95. The van der Waals surface area contributed by atoms with Gasteiger partial charge in [-0.25, -0.2) is 0 Å². The highest BCUT2D eigenvalue weighted by Gasteiger charge is 2.12. The van der Waals surface area contributed by atoms with Crippen molar-refractivity contribution in [2.24, 2.45) is 5.41 Å². The van der Waals surface area contributed by atoms with Gasteiger partial charge in [0.05, 0.1) is 0 Å². The Morgan fingerprint density at radius 3 is 2.38 bits per heavy atom. The lowest BCUT2D eigenvalue weighted by molar-refractivity contribution is 0.410. The molecule has 1 rings (SSSR count). The van der Waals surface area contributed by atoms with Crippen LogP contribution in [0.1, 0.15) is 31.9 Å². The molecule has 0 unspecified atom stereocenters. The Labute approximate surface area is 85.9 Å². The highest BCUT2D eigenvalue weighted by molar-refractivity contribution is 6.30. The quantitative estimate of drug-likeness (QED) is 0.631. The first-order chi connectivity index (χ1) is 5.88. The SMILES string of the molecule is Cc1ccc(Cl)cc1CC(C)(C)C. The molecule has 72 valence electrons. The molecule has 1 heteroatoms. The van der Waals surface area contributed by atoms with Crippen molar-refractivity contribution in [1.29, 1.82) is 0 Å². The van der Waals surface area contributed by atoms with Crippen LogP contribution in [0.15, 0.2) is 18.2 Å². The fourth-order valence-electron chi connectivity index (χ4n) is 1.40. The Morgan fingerprint density at radius 1 is 1.23 bits per heavy atom. The summed E-state index contributed by atoms with van der Waals surface area (Å²) in [5, 5.41) is 0.838. The number of aryl methyl sites for hydroxylation is 1. The van der Waals surface area contributed by atoms with Crippen molar-refractivity contribution in [3.63, 3.8) is 0 Å². The zero-order valence-electron chi connectivity index (χ0n) is 8.82. The molecular formula is C12H17Cl. The second-order valence-electron chi connectivity index (χ2n) is 4.81. The fourth-order valence-corrected chi connectivity index (χ4v) is 1.60. The monoisotopic (exact) mass is 196 g/mol. The van der Waals surface area contributed by atoms with Crippen molar-refractivity contribution in [3.05, 3.63) is 34.3 Å². The predicted octanol–water partition coefficient (Wildman–Crippen LogP) is 4.24. The third-order valence-electron chi connectivity index (χ3n) is 2.03. The van der Waals surface area contributed by atoms with Crippen LogP contribution < -0.4 is 0 Å². The highest BCUT2D eigenvalue weighted by Crippen LogP contribution is 2.24. The fraction of sp³-hybridized carbons (Fsp3) is 0.500. The summed E-state index contributed by atoms with van der Waals surface area (Å²) >= 11 is 5.95. The van der Waals surface area contributed by atoms with Crippen LogP contribution in [0, 0.1) is 12.3 Å². The Kier molecular flexibility index (Phi) is 3.02. The molecule has 0 aromatic heterocycles. The summed E-state index contributed by atoms with van der Waals surface area (Å²) in [5.74, 6) is 0. The molecule has 0 N–H and O–H groups in total. The Morgan fingerprint density at radius 2 is 1.85 bits per heavy atom. The second kappa shape index (κ2) is 3.71. The molecule has 0 spiro atoms. The van der Waals surface area contributed by atoms with Gasteiger partial charge >= 0.3 is 0 Å². The van der Waals surface area contributed by atoms with E-state index < -0.39 is 0 Å². The van der Waals surface area contributed by atoms with Crippen molar-refractivity contribution >= 4 is 11.6 Å². The summed E-state index contributed by atoms with van der Waals surface area (Å²) in [4.78, 5) is 0. The van der Waals surface area contributed by atoms with Crippen LogP contribution in [0.5, 0.6) is 0 Å². The van der Waals surface area contributed by atoms with E-state index in [0.29, 0.717) is 5.41 Å². The van der Waals surface area contributed by atoms with Crippen LogP contribution >= 0.6 is 11.6 Å². The summed E-state index contributed by atoms with van der Waals surface area (Å²) in [6.07, 6.45) is 1.08. The minimum atomic E-state index is 0.329. The molecule has 0 bridgehead atoms. The highest BCUT2D eigenvalue weighted by atomic mass is 35.5. The summed E-state index contributed by atoms with van der Waals surface area (Å²) < 4.78 is 0. The van der Waals surface area contributed by atoms with E-state index >= 15 is 0 Å². The van der Waals surface area contributed by atoms with Gasteiger partial charge in [0, 0.05) is 5.02 Å². The maximum atomic E-state index is 5.95. The molecule has 13 heavy (non-hydrogen) atoms. The van der Waals surface area contributed by atoms with Gasteiger partial charge in [0.25, 0.3) is 0 Å². The Balaban J connectivity index is 2.94. The first-order valence-corrected chi connectivity index (χ1v) is 5.01. The summed E-state index contributed by atoms with van der Waals surface area (Å²) in [6, 6.07) is 6.11. The van der Waals surface area contributed by atoms with Crippen LogP contribution in [0.2, 0.25) is 5.02 Å². The number of hydrogen-bond acceptors (Lipinski definition) is 0. The maximum Gasteiger partial charge on any atom is 0.0408 e. The Bertz CT molecular complexity index is 294. The largest absolute Gasteiger partial charge is 0.0843 e. The summed E-state index contributed by atoms with van der Waals surface area (Å²) in [7, 11) is 0. The minimum Gasteiger partial charge on any atom is -0.0843 e. The smallest absolute Gasteiger partial charge is 0.0408 e. The summed E-state index contributed by atoms with van der Waals surface area (Å²) in [6.45, 7) is 8.87. The molecule has 0 nitrogen and oxygen atoms in total. The molecule has 0 saturated heterocycles. The lowest BCUT2D eigenvalue weighted by atomic mass is 9.86. The van der Waals surface area contributed by atoms with Crippen LogP contribution in [-0.4, -0.2) is 0 Å². The standard InChI is InChI=1S/C12H17Cl/c1-9-5-6-11(13)7-10(9)8-12(2,3)4/h5-7H,8H2,1-4H3. The van der Waals surface area contributed by atoms with Crippen LogP contribution in [0.3, 0.4) is 0 Å². The Hall–Kier alpha value is -0.490. The number of rotatable bonds is 1. The zero-order valence-corrected chi connectivity index (χ0v) is 9.57. The summed E-state index contributed by atoms with van der Waals surface area (Å²) in [5.41, 5.74) is 3.02. The molecule has 0 aliphatic carbocycles. The van der Waals surface area contributed by atoms with E-state index in [4.69, 9.17) is 11.6 Å². The van der Waals surface area contributed by atoms with E-state index in [-0.39, 0.29) is 0 Å². The molecule has 1 aromatic carbocycles. The number of hydrogen-bond donors (Lipinski definition) is 0. The van der Waals surface area contributed by atoms with Gasteiger partial charge < -0.3 is 0 Å². The van der Waals surface area contributed by atoms with E-state index in [2.05, 4.69) is 39.8 Å². The van der Waals surface area contributed by atoms with Gasteiger partial charge in [-0.1, -0.05) is 38.4 Å². The third-order valence-corrected chi connectivity index (χ3v) is 2.27. The predicted molar refractivity (Wildman–Crippen MR) is 59.3 cm³/mol. The number of halogens is 1. The molecule has 1 aromatic rings. The molecule has 0 aliphatic heterocycles. The van der Waals surface area contributed by atoms with Gasteiger partial charge in [-0.3, -0.25) is 0 Å². The molecule has 0 amide bonds. The minimum absolute atomic E-state index is 0.329. The first-order valence-electron chi connectivity index (χ1n) is 4.63. The zero-order chi connectivity index (χ0) is 10.1. The number of benzene rings is 1. The van der Waals surface area contributed by atoms with Crippen molar-refractivity contribution in [3.8, 4) is 0 Å². The van der Waals surface area contributed by atoms with E-state index in [1.54, 1.807) is 0 Å². The molecule has 0 heterocycles. The van der Waals surface area contributed by atoms with E-state index in [9.17, 15) is 0 Å². The van der Waals surface area contributed by atoms with Gasteiger partial charge in [-0.05, 0) is 42.0 Å². The average Bonchev–Trinajstić information content (AvgIpc) is 1.94. The van der Waals surface area contributed by atoms with E-state index in [1.807, 2.05) is 6.07 Å². The molecule has 0 atom stereocenters.